The highest BCUT2D eigenvalue weighted by Crippen LogP contribution is 2.36. The van der Waals surface area contributed by atoms with Gasteiger partial charge >= 0.3 is 6.18 Å². The predicted molar refractivity (Wildman–Crippen MR) is 110 cm³/mol. The number of nitrogens with one attached hydrogen (secondary N) is 1. The van der Waals surface area contributed by atoms with Crippen LogP contribution in [-0.2, 0) is 34.5 Å². The lowest BCUT2D eigenvalue weighted by atomic mass is 9.91. The highest BCUT2D eigenvalue weighted by atomic mass is 32.2. The van der Waals surface area contributed by atoms with Crippen molar-refractivity contribution >= 4 is 15.9 Å². The number of fused-ring (bicyclic) bond motifs is 1. The molecule has 2 heterocycles. The zero-order chi connectivity index (χ0) is 23.1. The number of nitrogens with zero attached hydrogens (tertiary/aromatic N) is 3. The summed E-state index contributed by atoms with van der Waals surface area (Å²) >= 11 is 0. The molecule has 1 fully saturated rings. The molecule has 7 nitrogen and oxygen atoms in total. The van der Waals surface area contributed by atoms with Crippen molar-refractivity contribution in [1.29, 1.82) is 0 Å². The maximum atomic E-state index is 13.3. The van der Waals surface area contributed by atoms with Gasteiger partial charge in [0.05, 0.1) is 22.7 Å². The van der Waals surface area contributed by atoms with Crippen LogP contribution in [0.2, 0.25) is 0 Å². The lowest BCUT2D eigenvalue weighted by Crippen LogP contribution is -2.44. The molecule has 4 rings (SSSR count). The molecule has 1 amide bonds. The van der Waals surface area contributed by atoms with Gasteiger partial charge in [0.25, 0.3) is 0 Å². The summed E-state index contributed by atoms with van der Waals surface area (Å²) in [4.78, 5) is 12.1. The second kappa shape index (κ2) is 8.51. The van der Waals surface area contributed by atoms with Gasteiger partial charge < -0.3 is 5.32 Å². The van der Waals surface area contributed by atoms with E-state index in [1.165, 1.54) is 6.07 Å². The minimum atomic E-state index is -4.77. The average Bonchev–Trinajstić information content (AvgIpc) is 3.15. The first kappa shape index (κ1) is 22.8. The molecule has 0 spiro atoms. The van der Waals surface area contributed by atoms with Crippen molar-refractivity contribution in [2.45, 2.75) is 49.2 Å². The molecule has 174 valence electrons. The van der Waals surface area contributed by atoms with Gasteiger partial charge in [0.2, 0.25) is 15.9 Å². The predicted octanol–water partition coefficient (Wildman–Crippen LogP) is 3.03. The van der Waals surface area contributed by atoms with Crippen LogP contribution in [0.25, 0.3) is 0 Å². The molecule has 1 aromatic carbocycles. The van der Waals surface area contributed by atoms with Crippen LogP contribution in [0, 0.1) is 5.92 Å². The Hall–Kier alpha value is -2.40. The third-order valence-corrected chi connectivity index (χ3v) is 8.28. The van der Waals surface area contributed by atoms with E-state index in [1.807, 2.05) is 11.7 Å². The monoisotopic (exact) mass is 470 g/mol. The van der Waals surface area contributed by atoms with E-state index in [0.29, 0.717) is 0 Å². The fourth-order valence-electron chi connectivity index (χ4n) is 4.57. The first-order valence-electron chi connectivity index (χ1n) is 10.6. The number of carbonyl (C=O) groups excluding carboxylic acids is 1. The molecule has 11 heteroatoms. The number of aryl methyl sites for hydroxylation is 1. The molecule has 32 heavy (non-hydrogen) atoms. The number of carbonyl (C=O) groups is 1. The Bertz CT molecular complexity index is 1110. The van der Waals surface area contributed by atoms with Crippen LogP contribution in [0.15, 0.2) is 35.4 Å². The number of benzene rings is 1. The lowest BCUT2D eigenvalue weighted by Gasteiger charge is -2.32. The van der Waals surface area contributed by atoms with Gasteiger partial charge in [0.15, 0.2) is 0 Å². The van der Waals surface area contributed by atoms with E-state index in [9.17, 15) is 26.4 Å². The van der Waals surface area contributed by atoms with E-state index in [4.69, 9.17) is 0 Å². The van der Waals surface area contributed by atoms with Crippen LogP contribution in [0.5, 0.6) is 0 Å². The van der Waals surface area contributed by atoms with Gasteiger partial charge in [-0.05, 0) is 44.2 Å². The van der Waals surface area contributed by atoms with E-state index in [0.717, 1.165) is 53.0 Å². The SMILES string of the molecule is Cn1ncc2c1CCCC2NC(=O)C1CCN(S(=O)(=O)c2ccccc2C(F)(F)F)CC1. The van der Waals surface area contributed by atoms with E-state index in [2.05, 4.69) is 10.4 Å². The fraction of sp³-hybridized carbons (Fsp3) is 0.524. The zero-order valence-electron chi connectivity index (χ0n) is 17.6. The minimum absolute atomic E-state index is 0.00454. The number of sulfonamides is 1. The molecule has 1 aliphatic carbocycles. The average molecular weight is 471 g/mol. The highest BCUT2D eigenvalue weighted by molar-refractivity contribution is 7.89. The molecule has 1 aliphatic heterocycles. The number of alkyl halides is 3. The molecule has 1 saturated heterocycles. The summed E-state index contributed by atoms with van der Waals surface area (Å²) in [5.74, 6) is -0.541. The standard InChI is InChI=1S/C21H25F3N4O3S/c1-27-18-7-4-6-17(15(18)13-25-27)26-20(29)14-9-11-28(12-10-14)32(30,31)19-8-3-2-5-16(19)21(22,23)24/h2-3,5,8,13-14,17H,4,6-7,9-12H2,1H3,(H,26,29). The first-order chi connectivity index (χ1) is 15.1. The van der Waals surface area contributed by atoms with Crippen LogP contribution in [0.1, 0.15) is 48.5 Å². The number of halogens is 3. The minimum Gasteiger partial charge on any atom is -0.349 e. The Labute approximate surface area is 184 Å². The quantitative estimate of drug-likeness (QED) is 0.745. The summed E-state index contributed by atoms with van der Waals surface area (Å²) in [7, 11) is -2.45. The van der Waals surface area contributed by atoms with E-state index >= 15 is 0 Å². The molecular formula is C21H25F3N4O3S. The number of hydrogen-bond donors (Lipinski definition) is 1. The van der Waals surface area contributed by atoms with Crippen molar-refractivity contribution in [1.82, 2.24) is 19.4 Å². The Morgan fingerprint density at radius 1 is 1.16 bits per heavy atom. The molecule has 0 bridgehead atoms. The van der Waals surface area contributed by atoms with Crippen LogP contribution in [0.4, 0.5) is 13.2 Å². The van der Waals surface area contributed by atoms with Gasteiger partial charge in [0, 0.05) is 37.3 Å². The topological polar surface area (TPSA) is 84.3 Å². The van der Waals surface area contributed by atoms with Crippen LogP contribution in [-0.4, -0.2) is 41.5 Å². The maximum absolute atomic E-state index is 13.3. The summed E-state index contributed by atoms with van der Waals surface area (Å²) < 4.78 is 68.6. The first-order valence-corrected chi connectivity index (χ1v) is 12.0. The Morgan fingerprint density at radius 2 is 1.84 bits per heavy atom. The summed E-state index contributed by atoms with van der Waals surface area (Å²) in [6.45, 7) is -0.00909. The molecular weight excluding hydrogens is 445 g/mol. The third kappa shape index (κ3) is 4.27. The van der Waals surface area contributed by atoms with E-state index in [1.54, 1.807) is 6.20 Å². The van der Waals surface area contributed by atoms with Crippen molar-refractivity contribution in [3.8, 4) is 0 Å². The third-order valence-electron chi connectivity index (χ3n) is 6.33. The molecule has 0 saturated carbocycles. The summed E-state index contributed by atoms with van der Waals surface area (Å²) in [6.07, 6.45) is 0.171. The summed E-state index contributed by atoms with van der Waals surface area (Å²) in [5, 5.41) is 7.33. The van der Waals surface area contributed by atoms with Crippen molar-refractivity contribution in [2.75, 3.05) is 13.1 Å². The number of rotatable bonds is 4. The Balaban J connectivity index is 1.42. The Kier molecular flexibility index (Phi) is 6.06. The van der Waals surface area contributed by atoms with Gasteiger partial charge in [-0.1, -0.05) is 12.1 Å². The highest BCUT2D eigenvalue weighted by Gasteiger charge is 2.40. The number of hydrogen-bond acceptors (Lipinski definition) is 4. The normalized spacial score (nSPS) is 20.7. The maximum Gasteiger partial charge on any atom is 0.417 e. The van der Waals surface area contributed by atoms with Crippen molar-refractivity contribution in [2.24, 2.45) is 13.0 Å². The summed E-state index contributed by atoms with van der Waals surface area (Å²) in [6, 6.07) is 4.06. The van der Waals surface area contributed by atoms with Gasteiger partial charge in [-0.15, -0.1) is 0 Å². The number of amides is 1. The van der Waals surface area contributed by atoms with Crippen LogP contribution in [0.3, 0.4) is 0 Å². The van der Waals surface area contributed by atoms with Crippen molar-refractivity contribution in [3.05, 3.63) is 47.3 Å². The van der Waals surface area contributed by atoms with E-state index in [-0.39, 0.29) is 43.8 Å². The Morgan fingerprint density at radius 3 is 2.53 bits per heavy atom. The molecule has 2 aliphatic rings. The smallest absolute Gasteiger partial charge is 0.349 e. The van der Waals surface area contributed by atoms with Crippen molar-refractivity contribution < 1.29 is 26.4 Å². The molecule has 1 N–H and O–H groups in total. The van der Waals surface area contributed by atoms with Gasteiger partial charge in [-0.2, -0.15) is 22.6 Å². The fourth-order valence-corrected chi connectivity index (χ4v) is 6.25. The second-order valence-corrected chi connectivity index (χ2v) is 10.2. The van der Waals surface area contributed by atoms with E-state index < -0.39 is 26.7 Å². The van der Waals surface area contributed by atoms with Crippen LogP contribution >= 0.6 is 0 Å². The summed E-state index contributed by atoms with van der Waals surface area (Å²) in [5.41, 5.74) is 0.936. The van der Waals surface area contributed by atoms with Crippen LogP contribution < -0.4 is 5.32 Å². The molecule has 1 atom stereocenters. The second-order valence-electron chi connectivity index (χ2n) is 8.30. The molecule has 1 aromatic heterocycles. The molecule has 0 radical (unpaired) electrons. The molecule has 2 aromatic rings. The molecule has 1 unspecified atom stereocenters. The number of piperidine rings is 1. The zero-order valence-corrected chi connectivity index (χ0v) is 18.4. The largest absolute Gasteiger partial charge is 0.417 e. The van der Waals surface area contributed by atoms with Gasteiger partial charge in [-0.25, -0.2) is 8.42 Å². The number of aromatic nitrogens is 2. The lowest BCUT2D eigenvalue weighted by molar-refractivity contribution is -0.139. The van der Waals surface area contributed by atoms with Gasteiger partial charge in [-0.3, -0.25) is 9.48 Å². The van der Waals surface area contributed by atoms with Crippen molar-refractivity contribution in [3.63, 3.8) is 0 Å². The van der Waals surface area contributed by atoms with Gasteiger partial charge in [0.1, 0.15) is 0 Å².